The van der Waals surface area contributed by atoms with E-state index in [4.69, 9.17) is 11.6 Å². The van der Waals surface area contributed by atoms with E-state index in [9.17, 15) is 9.59 Å². The van der Waals surface area contributed by atoms with Crippen LogP contribution in [0.3, 0.4) is 0 Å². The number of nitrogens with zero attached hydrogens (tertiary/aromatic N) is 4. The van der Waals surface area contributed by atoms with Crippen LogP contribution in [0.4, 0.5) is 0 Å². The lowest BCUT2D eigenvalue weighted by Crippen LogP contribution is -2.64. The Morgan fingerprint density at radius 2 is 1.67 bits per heavy atom. The summed E-state index contributed by atoms with van der Waals surface area (Å²) < 4.78 is 0. The highest BCUT2D eigenvalue weighted by atomic mass is 35.5. The zero-order chi connectivity index (χ0) is 22.9. The first-order valence-electron chi connectivity index (χ1n) is 11.1. The number of aromatic nitrogens is 1. The topological polar surface area (TPSA) is 56.8 Å². The Morgan fingerprint density at radius 1 is 0.939 bits per heavy atom. The van der Waals surface area contributed by atoms with Crippen LogP contribution in [0.2, 0.25) is 5.02 Å². The van der Waals surface area contributed by atoms with Gasteiger partial charge in [0.25, 0.3) is 11.8 Å². The van der Waals surface area contributed by atoms with Gasteiger partial charge in [0.1, 0.15) is 9.88 Å². The molecular formula is C25H25ClN4O2S. The van der Waals surface area contributed by atoms with Crippen LogP contribution in [0.15, 0.2) is 54.6 Å². The molecule has 0 saturated carbocycles. The molecule has 6 nitrogen and oxygen atoms in total. The molecule has 2 saturated heterocycles. The SMILES string of the molecule is Cc1nc(-c2cccc(Cl)c2)sc1C(=O)N1CC(N2CCN(C(=O)c3ccccc3)CC2)C1. The molecule has 0 unspecified atom stereocenters. The number of rotatable bonds is 4. The van der Waals surface area contributed by atoms with Crippen LogP contribution in [0.25, 0.3) is 10.6 Å². The summed E-state index contributed by atoms with van der Waals surface area (Å²) in [6, 6.07) is 17.3. The molecule has 2 amide bonds. The van der Waals surface area contributed by atoms with Crippen molar-refractivity contribution in [3.8, 4) is 10.6 Å². The minimum atomic E-state index is 0.0485. The Kier molecular flexibility index (Phi) is 6.19. The molecule has 5 rings (SSSR count). The van der Waals surface area contributed by atoms with Crippen LogP contribution in [0, 0.1) is 6.92 Å². The van der Waals surface area contributed by atoms with Gasteiger partial charge in [0.15, 0.2) is 0 Å². The lowest BCUT2D eigenvalue weighted by Gasteiger charge is -2.48. The summed E-state index contributed by atoms with van der Waals surface area (Å²) in [4.78, 5) is 37.3. The number of likely N-dealkylation sites (tertiary alicyclic amines) is 1. The van der Waals surface area contributed by atoms with E-state index in [1.54, 1.807) is 0 Å². The van der Waals surface area contributed by atoms with Crippen molar-refractivity contribution < 1.29 is 9.59 Å². The second-order valence-corrected chi connectivity index (χ2v) is 9.94. The summed E-state index contributed by atoms with van der Waals surface area (Å²) in [5, 5.41) is 1.47. The Balaban J connectivity index is 1.15. The third kappa shape index (κ3) is 4.53. The minimum absolute atomic E-state index is 0.0485. The Labute approximate surface area is 202 Å². The molecule has 2 fully saturated rings. The summed E-state index contributed by atoms with van der Waals surface area (Å²) in [6.07, 6.45) is 0. The minimum Gasteiger partial charge on any atom is -0.336 e. The number of hydrogen-bond acceptors (Lipinski definition) is 5. The highest BCUT2D eigenvalue weighted by molar-refractivity contribution is 7.17. The van der Waals surface area contributed by atoms with E-state index in [2.05, 4.69) is 9.88 Å². The molecule has 170 valence electrons. The molecule has 3 heterocycles. The largest absolute Gasteiger partial charge is 0.336 e. The number of aryl methyl sites for hydroxylation is 1. The number of carbonyl (C=O) groups excluding carboxylic acids is 2. The normalized spacial score (nSPS) is 17.2. The first-order chi connectivity index (χ1) is 16.0. The molecule has 0 radical (unpaired) electrons. The second-order valence-electron chi connectivity index (χ2n) is 8.50. The molecule has 0 bridgehead atoms. The molecule has 8 heteroatoms. The van der Waals surface area contributed by atoms with Crippen molar-refractivity contribution in [3.63, 3.8) is 0 Å². The molecule has 0 atom stereocenters. The van der Waals surface area contributed by atoms with Crippen LogP contribution in [0.5, 0.6) is 0 Å². The van der Waals surface area contributed by atoms with Crippen molar-refractivity contribution >= 4 is 34.8 Å². The fourth-order valence-corrected chi connectivity index (χ4v) is 5.61. The fraction of sp³-hybridized carbons (Fsp3) is 0.320. The van der Waals surface area contributed by atoms with Gasteiger partial charge in [-0.15, -0.1) is 11.3 Å². The summed E-state index contributed by atoms with van der Waals surface area (Å²) in [7, 11) is 0. The maximum Gasteiger partial charge on any atom is 0.265 e. The molecule has 2 aliphatic heterocycles. The van der Waals surface area contributed by atoms with Crippen LogP contribution in [-0.2, 0) is 0 Å². The van der Waals surface area contributed by atoms with E-state index in [-0.39, 0.29) is 11.8 Å². The van der Waals surface area contributed by atoms with Gasteiger partial charge in [0.2, 0.25) is 0 Å². The van der Waals surface area contributed by atoms with Gasteiger partial charge < -0.3 is 9.80 Å². The maximum atomic E-state index is 13.1. The van der Waals surface area contributed by atoms with Crippen LogP contribution in [-0.4, -0.2) is 76.8 Å². The Bertz CT molecular complexity index is 1170. The Morgan fingerprint density at radius 3 is 2.36 bits per heavy atom. The van der Waals surface area contributed by atoms with Crippen molar-refractivity contribution in [1.29, 1.82) is 0 Å². The van der Waals surface area contributed by atoms with Gasteiger partial charge in [-0.25, -0.2) is 4.98 Å². The molecule has 3 aromatic rings. The van der Waals surface area contributed by atoms with Crippen molar-refractivity contribution in [2.24, 2.45) is 0 Å². The fourth-order valence-electron chi connectivity index (χ4n) is 4.39. The van der Waals surface area contributed by atoms with Gasteiger partial charge >= 0.3 is 0 Å². The van der Waals surface area contributed by atoms with Crippen LogP contribution in [0.1, 0.15) is 25.7 Å². The van der Waals surface area contributed by atoms with E-state index in [1.165, 1.54) is 11.3 Å². The quantitative estimate of drug-likeness (QED) is 0.565. The molecule has 0 aliphatic carbocycles. The van der Waals surface area contributed by atoms with Gasteiger partial charge in [-0.2, -0.15) is 0 Å². The van der Waals surface area contributed by atoms with Gasteiger partial charge in [-0.3, -0.25) is 14.5 Å². The van der Waals surface area contributed by atoms with Crippen molar-refractivity contribution in [1.82, 2.24) is 19.7 Å². The van der Waals surface area contributed by atoms with Gasteiger partial charge in [0, 0.05) is 61.5 Å². The zero-order valence-electron chi connectivity index (χ0n) is 18.4. The first kappa shape index (κ1) is 22.1. The standard InChI is InChI=1S/C25H25ClN4O2S/c1-17-22(33-23(27-17)19-8-5-9-20(26)14-19)25(32)30-15-21(16-30)28-10-12-29(13-11-28)24(31)18-6-3-2-4-7-18/h2-9,14,21H,10-13,15-16H2,1H3. The molecular weight excluding hydrogens is 456 g/mol. The summed E-state index contributed by atoms with van der Waals surface area (Å²) >= 11 is 7.54. The number of benzene rings is 2. The van der Waals surface area contributed by atoms with E-state index < -0.39 is 0 Å². The number of hydrogen-bond donors (Lipinski definition) is 0. The number of carbonyl (C=O) groups is 2. The molecule has 0 spiro atoms. The Hall–Kier alpha value is -2.74. The van der Waals surface area contributed by atoms with Crippen LogP contribution >= 0.6 is 22.9 Å². The maximum absolute atomic E-state index is 13.1. The number of halogens is 1. The van der Waals surface area contributed by atoms with Gasteiger partial charge in [-0.05, 0) is 31.2 Å². The zero-order valence-corrected chi connectivity index (χ0v) is 20.0. The van der Waals surface area contributed by atoms with E-state index in [0.29, 0.717) is 15.9 Å². The molecule has 0 N–H and O–H groups in total. The lowest BCUT2D eigenvalue weighted by molar-refractivity contribution is 0.00875. The number of thiazole rings is 1. The van der Waals surface area contributed by atoms with Gasteiger partial charge in [0.05, 0.1) is 5.69 Å². The summed E-state index contributed by atoms with van der Waals surface area (Å²) in [5.41, 5.74) is 2.43. The monoisotopic (exact) mass is 480 g/mol. The molecule has 2 aromatic carbocycles. The highest BCUT2D eigenvalue weighted by Gasteiger charge is 2.38. The van der Waals surface area contributed by atoms with Gasteiger partial charge in [-0.1, -0.05) is 41.9 Å². The predicted octanol–water partition coefficient (Wildman–Crippen LogP) is 4.05. The number of piperazine rings is 1. The van der Waals surface area contributed by atoms with Crippen LogP contribution < -0.4 is 0 Å². The number of amides is 2. The molecule has 1 aromatic heterocycles. The third-order valence-electron chi connectivity index (χ3n) is 6.35. The average Bonchev–Trinajstić information content (AvgIpc) is 3.20. The van der Waals surface area contributed by atoms with Crippen molar-refractivity contribution in [2.45, 2.75) is 13.0 Å². The molecule has 33 heavy (non-hydrogen) atoms. The van der Waals surface area contributed by atoms with Crippen molar-refractivity contribution in [3.05, 3.63) is 75.8 Å². The van der Waals surface area contributed by atoms with E-state index in [0.717, 1.165) is 61.1 Å². The highest BCUT2D eigenvalue weighted by Crippen LogP contribution is 2.31. The second kappa shape index (κ2) is 9.25. The summed E-state index contributed by atoms with van der Waals surface area (Å²) in [6.45, 7) is 6.43. The first-order valence-corrected chi connectivity index (χ1v) is 12.3. The van der Waals surface area contributed by atoms with E-state index >= 15 is 0 Å². The van der Waals surface area contributed by atoms with Crippen molar-refractivity contribution in [2.75, 3.05) is 39.3 Å². The lowest BCUT2D eigenvalue weighted by atomic mass is 10.0. The molecule has 2 aliphatic rings. The third-order valence-corrected chi connectivity index (χ3v) is 7.78. The van der Waals surface area contributed by atoms with E-state index in [1.807, 2.05) is 71.3 Å². The summed E-state index contributed by atoms with van der Waals surface area (Å²) in [5.74, 6) is 0.143. The smallest absolute Gasteiger partial charge is 0.265 e. The predicted molar refractivity (Wildman–Crippen MR) is 131 cm³/mol. The average molecular weight is 481 g/mol.